The molecule has 0 spiro atoms. The average molecular weight is 354 g/mol. The van der Waals surface area contributed by atoms with E-state index in [0.717, 1.165) is 11.1 Å². The van der Waals surface area contributed by atoms with E-state index in [4.69, 9.17) is 0 Å². The first-order chi connectivity index (χ1) is 12.2. The van der Waals surface area contributed by atoms with Crippen LogP contribution in [0.15, 0.2) is 65.8 Å². The maximum absolute atomic E-state index is 13.1. The van der Waals surface area contributed by atoms with Gasteiger partial charge in [-0.3, -0.25) is 0 Å². The Kier molecular flexibility index (Phi) is 4.15. The Labute approximate surface area is 146 Å². The molecule has 4 nitrogen and oxygen atoms in total. The Morgan fingerprint density at radius 3 is 2.20 bits per heavy atom. The molecule has 25 heavy (non-hydrogen) atoms. The largest absolute Gasteiger partial charge is 0.212 e. The first kappa shape index (κ1) is 15.7. The summed E-state index contributed by atoms with van der Waals surface area (Å²) in [5.41, 5.74) is 3.13. The molecule has 2 aromatic heterocycles. The highest BCUT2D eigenvalue weighted by Crippen LogP contribution is 2.23. The molecule has 0 radical (unpaired) electrons. The zero-order chi connectivity index (χ0) is 17.2. The number of thioether (sulfide) groups is 1. The highest BCUT2D eigenvalue weighted by atomic mass is 32.2. The number of hydrogen-bond acceptors (Lipinski definition) is 4. The SMILES string of the molecule is Fc1ccc(CSc2nnc3ccc(-c4ccc(F)cc4)nn23)cc1. The van der Waals surface area contributed by atoms with Crippen molar-refractivity contribution in [3.63, 3.8) is 0 Å². The molecule has 0 aliphatic rings. The van der Waals surface area contributed by atoms with Gasteiger partial charge in [0.15, 0.2) is 5.65 Å². The second-order valence-corrected chi connectivity index (χ2v) is 6.34. The molecule has 0 saturated carbocycles. The quantitative estimate of drug-likeness (QED) is 0.511. The van der Waals surface area contributed by atoms with Gasteiger partial charge in [0.05, 0.1) is 5.69 Å². The lowest BCUT2D eigenvalue weighted by molar-refractivity contribution is 0.627. The van der Waals surface area contributed by atoms with E-state index in [1.165, 1.54) is 36.0 Å². The van der Waals surface area contributed by atoms with E-state index >= 15 is 0 Å². The van der Waals surface area contributed by atoms with Crippen LogP contribution in [0.3, 0.4) is 0 Å². The lowest BCUT2D eigenvalue weighted by atomic mass is 10.1. The molecule has 2 heterocycles. The minimum atomic E-state index is -0.287. The third-order valence-corrected chi connectivity index (χ3v) is 4.65. The standard InChI is InChI=1S/C18H12F2N4S/c19-14-5-1-12(2-6-14)11-25-18-22-21-17-10-9-16(23-24(17)18)13-3-7-15(20)8-4-13/h1-10H,11H2. The van der Waals surface area contributed by atoms with Crippen LogP contribution in [0.5, 0.6) is 0 Å². The van der Waals surface area contributed by atoms with Crippen molar-refractivity contribution in [1.29, 1.82) is 0 Å². The molecule has 4 rings (SSSR count). The van der Waals surface area contributed by atoms with Crippen LogP contribution in [0.4, 0.5) is 8.78 Å². The Bertz CT molecular complexity index is 1010. The summed E-state index contributed by atoms with van der Waals surface area (Å²) >= 11 is 1.47. The highest BCUT2D eigenvalue weighted by Gasteiger charge is 2.10. The molecule has 0 aliphatic heterocycles. The monoisotopic (exact) mass is 354 g/mol. The molecule has 4 aromatic rings. The van der Waals surface area contributed by atoms with E-state index in [9.17, 15) is 8.78 Å². The average Bonchev–Trinajstić information content (AvgIpc) is 3.04. The molecule has 0 bridgehead atoms. The van der Waals surface area contributed by atoms with E-state index < -0.39 is 0 Å². The van der Waals surface area contributed by atoms with Crippen LogP contribution >= 0.6 is 11.8 Å². The van der Waals surface area contributed by atoms with Gasteiger partial charge in [-0.2, -0.15) is 9.61 Å². The Morgan fingerprint density at radius 1 is 0.800 bits per heavy atom. The molecule has 2 aromatic carbocycles. The molecule has 0 saturated heterocycles. The third kappa shape index (κ3) is 3.36. The molecule has 0 N–H and O–H groups in total. The van der Waals surface area contributed by atoms with Gasteiger partial charge in [-0.25, -0.2) is 8.78 Å². The maximum Gasteiger partial charge on any atom is 0.212 e. The fourth-order valence-corrected chi connectivity index (χ4v) is 3.21. The van der Waals surface area contributed by atoms with Crippen LogP contribution in [-0.4, -0.2) is 19.8 Å². The molecule has 7 heteroatoms. The van der Waals surface area contributed by atoms with E-state index in [1.54, 1.807) is 28.8 Å². The van der Waals surface area contributed by atoms with Gasteiger partial charge in [0, 0.05) is 11.3 Å². The Hall–Kier alpha value is -2.80. The summed E-state index contributed by atoms with van der Waals surface area (Å²) in [6.07, 6.45) is 0. The van der Waals surface area contributed by atoms with Crippen LogP contribution in [0, 0.1) is 11.6 Å². The molecule has 0 fully saturated rings. The Morgan fingerprint density at radius 2 is 1.48 bits per heavy atom. The van der Waals surface area contributed by atoms with E-state index in [1.807, 2.05) is 12.1 Å². The van der Waals surface area contributed by atoms with Crippen LogP contribution in [0.2, 0.25) is 0 Å². The zero-order valence-corrected chi connectivity index (χ0v) is 13.8. The van der Waals surface area contributed by atoms with Crippen molar-refractivity contribution in [2.24, 2.45) is 0 Å². The highest BCUT2D eigenvalue weighted by molar-refractivity contribution is 7.98. The minimum absolute atomic E-state index is 0.257. The van der Waals surface area contributed by atoms with Crippen molar-refractivity contribution in [2.45, 2.75) is 10.9 Å². The number of rotatable bonds is 4. The molecule has 0 atom stereocenters. The van der Waals surface area contributed by atoms with E-state index in [0.29, 0.717) is 22.3 Å². The van der Waals surface area contributed by atoms with Gasteiger partial charge >= 0.3 is 0 Å². The topological polar surface area (TPSA) is 43.1 Å². The van der Waals surface area contributed by atoms with Crippen molar-refractivity contribution >= 4 is 17.4 Å². The second-order valence-electron chi connectivity index (χ2n) is 5.39. The van der Waals surface area contributed by atoms with Gasteiger partial charge in [-0.05, 0) is 54.1 Å². The molecular weight excluding hydrogens is 342 g/mol. The van der Waals surface area contributed by atoms with Crippen LogP contribution < -0.4 is 0 Å². The first-order valence-corrected chi connectivity index (χ1v) is 8.53. The summed E-state index contributed by atoms with van der Waals surface area (Å²) in [5.74, 6) is 0.0840. The van der Waals surface area contributed by atoms with Crippen LogP contribution in [0.25, 0.3) is 16.9 Å². The van der Waals surface area contributed by atoms with Crippen molar-refractivity contribution < 1.29 is 8.78 Å². The van der Waals surface area contributed by atoms with Crippen molar-refractivity contribution in [3.05, 3.63) is 77.9 Å². The van der Waals surface area contributed by atoms with Gasteiger partial charge in [0.1, 0.15) is 11.6 Å². The molecule has 0 amide bonds. The van der Waals surface area contributed by atoms with Gasteiger partial charge in [0.2, 0.25) is 5.16 Å². The second kappa shape index (κ2) is 6.60. The third-order valence-electron chi connectivity index (χ3n) is 3.66. The number of aromatic nitrogens is 4. The van der Waals surface area contributed by atoms with Crippen molar-refractivity contribution in [2.75, 3.05) is 0 Å². The zero-order valence-electron chi connectivity index (χ0n) is 12.9. The summed E-state index contributed by atoms with van der Waals surface area (Å²) in [6, 6.07) is 16.1. The summed E-state index contributed by atoms with van der Waals surface area (Å²) in [6.45, 7) is 0. The molecule has 0 aliphatic carbocycles. The number of benzene rings is 2. The summed E-state index contributed by atoms with van der Waals surface area (Å²) in [7, 11) is 0. The molecule has 124 valence electrons. The van der Waals surface area contributed by atoms with Gasteiger partial charge in [-0.1, -0.05) is 23.9 Å². The maximum atomic E-state index is 13.1. The van der Waals surface area contributed by atoms with Gasteiger partial charge in [-0.15, -0.1) is 10.2 Å². The number of fused-ring (bicyclic) bond motifs is 1. The van der Waals surface area contributed by atoms with Crippen molar-refractivity contribution in [3.8, 4) is 11.3 Å². The van der Waals surface area contributed by atoms with E-state index in [2.05, 4.69) is 15.3 Å². The fraction of sp³-hybridized carbons (Fsp3) is 0.0556. The predicted octanol–water partition coefficient (Wildman–Crippen LogP) is 4.36. The lowest BCUT2D eigenvalue weighted by Gasteiger charge is -2.03. The number of nitrogens with zero attached hydrogens (tertiary/aromatic N) is 4. The van der Waals surface area contributed by atoms with Crippen LogP contribution in [-0.2, 0) is 5.75 Å². The van der Waals surface area contributed by atoms with E-state index in [-0.39, 0.29) is 11.6 Å². The van der Waals surface area contributed by atoms with Gasteiger partial charge in [0.25, 0.3) is 0 Å². The van der Waals surface area contributed by atoms with Crippen molar-refractivity contribution in [1.82, 2.24) is 19.8 Å². The summed E-state index contributed by atoms with van der Waals surface area (Å²) in [5, 5.41) is 13.5. The number of hydrogen-bond donors (Lipinski definition) is 0. The lowest BCUT2D eigenvalue weighted by Crippen LogP contribution is -1.96. The van der Waals surface area contributed by atoms with Gasteiger partial charge < -0.3 is 0 Å². The number of halogens is 2. The molecule has 0 unspecified atom stereocenters. The predicted molar refractivity (Wildman–Crippen MR) is 92.1 cm³/mol. The fourth-order valence-electron chi connectivity index (χ4n) is 2.36. The summed E-state index contributed by atoms with van der Waals surface area (Å²) in [4.78, 5) is 0. The first-order valence-electron chi connectivity index (χ1n) is 7.55. The normalized spacial score (nSPS) is 11.1. The van der Waals surface area contributed by atoms with Crippen LogP contribution in [0.1, 0.15) is 5.56 Å². The smallest absolute Gasteiger partial charge is 0.207 e. The Balaban J connectivity index is 1.62. The summed E-state index contributed by atoms with van der Waals surface area (Å²) < 4.78 is 27.7. The molecular formula is C18H12F2N4S. The minimum Gasteiger partial charge on any atom is -0.207 e.